The number of benzene rings is 2. The number of hydrogen-bond acceptors (Lipinski definition) is 2. The van der Waals surface area contributed by atoms with Crippen LogP contribution >= 0.6 is 11.6 Å². The van der Waals surface area contributed by atoms with Crippen molar-refractivity contribution in [2.75, 3.05) is 0 Å². The van der Waals surface area contributed by atoms with Crippen molar-refractivity contribution in [3.8, 4) is 16.9 Å². The molecule has 0 radical (unpaired) electrons. The van der Waals surface area contributed by atoms with E-state index >= 15 is 0 Å². The molecule has 2 aromatic carbocycles. The van der Waals surface area contributed by atoms with Gasteiger partial charge in [-0.2, -0.15) is 0 Å². The topological polar surface area (TPSA) is 57.5 Å². The number of aromatic hydroxyl groups is 1. The van der Waals surface area contributed by atoms with Gasteiger partial charge in [-0.15, -0.1) is 0 Å². The Morgan fingerprint density at radius 2 is 1.76 bits per heavy atom. The second kappa shape index (κ2) is 4.47. The van der Waals surface area contributed by atoms with Crippen molar-refractivity contribution in [3.05, 3.63) is 53.1 Å². The van der Waals surface area contributed by atoms with Gasteiger partial charge in [-0.25, -0.2) is 4.79 Å². The Labute approximate surface area is 103 Å². The van der Waals surface area contributed by atoms with E-state index in [9.17, 15) is 9.90 Å². The molecule has 0 bridgehead atoms. The quantitative estimate of drug-likeness (QED) is 0.856. The van der Waals surface area contributed by atoms with Gasteiger partial charge in [0.05, 0.1) is 5.56 Å². The number of carboxylic acids is 1. The molecule has 0 spiro atoms. The molecule has 17 heavy (non-hydrogen) atoms. The van der Waals surface area contributed by atoms with Crippen molar-refractivity contribution in [1.82, 2.24) is 0 Å². The van der Waals surface area contributed by atoms with Crippen molar-refractivity contribution < 1.29 is 15.0 Å². The first-order chi connectivity index (χ1) is 8.09. The highest BCUT2D eigenvalue weighted by molar-refractivity contribution is 6.33. The smallest absolute Gasteiger partial charge is 0.336 e. The zero-order valence-electron chi connectivity index (χ0n) is 8.72. The van der Waals surface area contributed by atoms with Gasteiger partial charge in [0.1, 0.15) is 5.75 Å². The molecule has 0 amide bonds. The molecule has 0 saturated carbocycles. The van der Waals surface area contributed by atoms with Crippen molar-refractivity contribution in [2.45, 2.75) is 0 Å². The molecule has 0 aromatic heterocycles. The number of aromatic carboxylic acids is 1. The number of phenols is 1. The molecule has 0 fully saturated rings. The third-order valence-electron chi connectivity index (χ3n) is 2.40. The third-order valence-corrected chi connectivity index (χ3v) is 2.73. The summed E-state index contributed by atoms with van der Waals surface area (Å²) in [5.41, 5.74) is 1.10. The van der Waals surface area contributed by atoms with Crippen molar-refractivity contribution in [3.63, 3.8) is 0 Å². The van der Waals surface area contributed by atoms with Crippen LogP contribution < -0.4 is 0 Å². The summed E-state index contributed by atoms with van der Waals surface area (Å²) >= 11 is 6.01. The van der Waals surface area contributed by atoms with Crippen molar-refractivity contribution >= 4 is 17.6 Å². The molecule has 0 aliphatic carbocycles. The van der Waals surface area contributed by atoms with Crippen LogP contribution in [0.1, 0.15) is 10.4 Å². The zero-order valence-corrected chi connectivity index (χ0v) is 9.48. The van der Waals surface area contributed by atoms with E-state index in [-0.39, 0.29) is 11.3 Å². The number of hydrogen-bond donors (Lipinski definition) is 2. The molecule has 0 aliphatic heterocycles. The lowest BCUT2D eigenvalue weighted by atomic mass is 9.99. The lowest BCUT2D eigenvalue weighted by molar-refractivity contribution is 0.0698. The molecule has 0 unspecified atom stereocenters. The van der Waals surface area contributed by atoms with Crippen LogP contribution in [0.5, 0.6) is 5.75 Å². The zero-order chi connectivity index (χ0) is 12.4. The molecule has 0 aliphatic rings. The minimum atomic E-state index is -1.06. The summed E-state index contributed by atoms with van der Waals surface area (Å²) in [6, 6.07) is 11.0. The molecule has 4 heteroatoms. The van der Waals surface area contributed by atoms with Crippen LogP contribution in [-0.2, 0) is 0 Å². The highest BCUT2D eigenvalue weighted by atomic mass is 35.5. The van der Waals surface area contributed by atoms with Gasteiger partial charge >= 0.3 is 5.97 Å². The summed E-state index contributed by atoms with van der Waals surface area (Å²) in [4.78, 5) is 11.1. The predicted molar refractivity (Wildman–Crippen MR) is 65.5 cm³/mol. The van der Waals surface area contributed by atoms with Crippen LogP contribution in [0.25, 0.3) is 11.1 Å². The summed E-state index contributed by atoms with van der Waals surface area (Å²) in [7, 11) is 0. The van der Waals surface area contributed by atoms with Gasteiger partial charge in [0, 0.05) is 16.1 Å². The first kappa shape index (κ1) is 11.5. The second-order valence-electron chi connectivity index (χ2n) is 3.51. The van der Waals surface area contributed by atoms with E-state index in [1.165, 1.54) is 18.2 Å². The average Bonchev–Trinajstić information content (AvgIpc) is 2.29. The maximum absolute atomic E-state index is 11.1. The number of carboxylic acid groups (broad SMARTS) is 1. The van der Waals surface area contributed by atoms with Crippen molar-refractivity contribution in [1.29, 1.82) is 0 Å². The van der Waals surface area contributed by atoms with Crippen LogP contribution in [0.2, 0.25) is 5.02 Å². The SMILES string of the molecule is O=C(O)c1ccc(O)cc1-c1ccccc1Cl. The number of carbonyl (C=O) groups is 1. The van der Waals surface area contributed by atoms with Crippen LogP contribution in [-0.4, -0.2) is 16.2 Å². The molecule has 0 saturated heterocycles. The minimum Gasteiger partial charge on any atom is -0.508 e. The first-order valence-electron chi connectivity index (χ1n) is 4.91. The molecule has 2 rings (SSSR count). The molecule has 0 heterocycles. The number of halogens is 1. The van der Waals surface area contributed by atoms with Crippen LogP contribution in [0.15, 0.2) is 42.5 Å². The Morgan fingerprint density at radius 3 is 2.41 bits per heavy atom. The Balaban J connectivity index is 2.70. The van der Waals surface area contributed by atoms with E-state index in [0.29, 0.717) is 16.1 Å². The highest BCUT2D eigenvalue weighted by Crippen LogP contribution is 2.32. The van der Waals surface area contributed by atoms with Gasteiger partial charge in [-0.1, -0.05) is 29.8 Å². The van der Waals surface area contributed by atoms with Gasteiger partial charge < -0.3 is 10.2 Å². The van der Waals surface area contributed by atoms with E-state index < -0.39 is 5.97 Å². The lowest BCUT2D eigenvalue weighted by Crippen LogP contribution is -1.99. The van der Waals surface area contributed by atoms with Crippen LogP contribution in [0.4, 0.5) is 0 Å². The maximum atomic E-state index is 11.1. The summed E-state index contributed by atoms with van der Waals surface area (Å²) in [5, 5.41) is 19.0. The summed E-state index contributed by atoms with van der Waals surface area (Å²) in [6.07, 6.45) is 0. The van der Waals surface area contributed by atoms with E-state index in [1.807, 2.05) is 0 Å². The first-order valence-corrected chi connectivity index (χ1v) is 5.28. The Morgan fingerprint density at radius 1 is 1.06 bits per heavy atom. The lowest BCUT2D eigenvalue weighted by Gasteiger charge is -2.08. The number of rotatable bonds is 2. The molecule has 3 nitrogen and oxygen atoms in total. The largest absolute Gasteiger partial charge is 0.508 e. The summed E-state index contributed by atoms with van der Waals surface area (Å²) in [6.45, 7) is 0. The fourth-order valence-electron chi connectivity index (χ4n) is 1.62. The monoisotopic (exact) mass is 248 g/mol. The van der Waals surface area contributed by atoms with Gasteiger partial charge in [-0.3, -0.25) is 0 Å². The molecule has 2 aromatic rings. The minimum absolute atomic E-state index is 0.00456. The average molecular weight is 249 g/mol. The van der Waals surface area contributed by atoms with E-state index in [2.05, 4.69) is 0 Å². The molecule has 86 valence electrons. The highest BCUT2D eigenvalue weighted by Gasteiger charge is 2.14. The Hall–Kier alpha value is -2.00. The van der Waals surface area contributed by atoms with Crippen LogP contribution in [0, 0.1) is 0 Å². The molecular formula is C13H9ClO3. The molecular weight excluding hydrogens is 240 g/mol. The third kappa shape index (κ3) is 2.24. The van der Waals surface area contributed by atoms with E-state index in [0.717, 1.165) is 0 Å². The van der Waals surface area contributed by atoms with Gasteiger partial charge in [0.25, 0.3) is 0 Å². The summed E-state index contributed by atoms with van der Waals surface area (Å²) in [5.74, 6) is -1.05. The van der Waals surface area contributed by atoms with Crippen LogP contribution in [0.3, 0.4) is 0 Å². The van der Waals surface area contributed by atoms with Crippen molar-refractivity contribution in [2.24, 2.45) is 0 Å². The normalized spacial score (nSPS) is 10.2. The van der Waals surface area contributed by atoms with E-state index in [4.69, 9.17) is 16.7 Å². The Kier molecular flexibility index (Phi) is 3.02. The van der Waals surface area contributed by atoms with E-state index in [1.54, 1.807) is 24.3 Å². The molecule has 2 N–H and O–H groups in total. The fraction of sp³-hybridized carbons (Fsp3) is 0. The molecule has 0 atom stereocenters. The standard InChI is InChI=1S/C13H9ClO3/c14-12-4-2-1-3-9(12)11-7-8(15)5-6-10(11)13(16)17/h1-7,15H,(H,16,17). The number of phenolic OH excluding ortho intramolecular Hbond substituents is 1. The van der Waals surface area contributed by atoms with Gasteiger partial charge in [0.2, 0.25) is 0 Å². The predicted octanol–water partition coefficient (Wildman–Crippen LogP) is 3.41. The fourth-order valence-corrected chi connectivity index (χ4v) is 1.86. The van der Waals surface area contributed by atoms with Gasteiger partial charge in [-0.05, 0) is 24.3 Å². The summed E-state index contributed by atoms with van der Waals surface area (Å²) < 4.78 is 0. The van der Waals surface area contributed by atoms with Gasteiger partial charge in [0.15, 0.2) is 0 Å². The maximum Gasteiger partial charge on any atom is 0.336 e. The second-order valence-corrected chi connectivity index (χ2v) is 3.92. The Bertz CT molecular complexity index is 579.